The van der Waals surface area contributed by atoms with Gasteiger partial charge in [0, 0.05) is 23.0 Å². The van der Waals surface area contributed by atoms with E-state index in [1.165, 1.54) is 13.0 Å². The molecule has 0 unspecified atom stereocenters. The van der Waals surface area contributed by atoms with Gasteiger partial charge in [-0.1, -0.05) is 0 Å². The number of rotatable bonds is 4. The molecule has 2 heterocycles. The molecule has 2 atom stereocenters. The molecular formula is C21H20F4N4O3S. The van der Waals surface area contributed by atoms with Crippen molar-refractivity contribution in [1.29, 1.82) is 0 Å². The van der Waals surface area contributed by atoms with Crippen LogP contribution in [0.25, 0.3) is 0 Å². The van der Waals surface area contributed by atoms with E-state index in [0.29, 0.717) is 0 Å². The summed E-state index contributed by atoms with van der Waals surface area (Å²) in [5.41, 5.74) is 0.440. The summed E-state index contributed by atoms with van der Waals surface area (Å²) >= 11 is 0. The van der Waals surface area contributed by atoms with Crippen LogP contribution in [0, 0.1) is 12.7 Å². The zero-order chi connectivity index (χ0) is 24.3. The van der Waals surface area contributed by atoms with Crippen molar-refractivity contribution in [1.82, 2.24) is 4.98 Å². The monoisotopic (exact) mass is 484 g/mol. The highest BCUT2D eigenvalue weighted by atomic mass is 32.2. The molecule has 1 aromatic heterocycles. The average Bonchev–Trinajstić information content (AvgIpc) is 3.56. The molecule has 12 heteroatoms. The number of nitrogens with one attached hydrogen (secondary N) is 1. The van der Waals surface area contributed by atoms with E-state index >= 15 is 4.39 Å². The fourth-order valence-corrected chi connectivity index (χ4v) is 6.21. The summed E-state index contributed by atoms with van der Waals surface area (Å²) in [5.74, 6) is -1.98. The molecule has 33 heavy (non-hydrogen) atoms. The number of nitrogens with zero attached hydrogens (tertiary/aromatic N) is 2. The highest BCUT2D eigenvalue weighted by Crippen LogP contribution is 2.54. The summed E-state index contributed by atoms with van der Waals surface area (Å²) in [6.07, 6.45) is -1.58. The predicted molar refractivity (Wildman–Crippen MR) is 113 cm³/mol. The van der Waals surface area contributed by atoms with Crippen LogP contribution in [0.4, 0.5) is 23.2 Å². The van der Waals surface area contributed by atoms with Gasteiger partial charge in [-0.25, -0.2) is 26.0 Å². The summed E-state index contributed by atoms with van der Waals surface area (Å²) < 4.78 is 79.7. The van der Waals surface area contributed by atoms with Gasteiger partial charge < -0.3 is 11.1 Å². The van der Waals surface area contributed by atoms with Crippen molar-refractivity contribution in [3.63, 3.8) is 0 Å². The molecule has 7 nitrogen and oxygen atoms in total. The molecule has 1 saturated carbocycles. The molecule has 1 aliphatic carbocycles. The number of alkyl halides is 3. The lowest BCUT2D eigenvalue weighted by atomic mass is 9.92. The first-order valence-corrected chi connectivity index (χ1v) is 11.5. The molecule has 0 radical (unpaired) electrons. The van der Waals surface area contributed by atoms with Crippen LogP contribution in [0.15, 0.2) is 35.5 Å². The lowest BCUT2D eigenvalue weighted by Crippen LogP contribution is -2.54. The van der Waals surface area contributed by atoms with Gasteiger partial charge in [0.25, 0.3) is 12.3 Å². The molecule has 1 aliphatic heterocycles. The van der Waals surface area contributed by atoms with Gasteiger partial charge in [0.05, 0.1) is 0 Å². The lowest BCUT2D eigenvalue weighted by molar-refractivity contribution is 0.102. The Labute approximate surface area is 187 Å². The standard InChI is InChI=1S/C21H20F4N4O3S/c1-10-7-11(16(23)24)9-27-15(10)17(30)28-12-3-4-14(22)13(8-12)20(2)18(25)33(31,32)21(5-6-21)19(26)29-20/h3-4,7-9,16,18H,5-6H2,1-2H3,(H2,26,29)(H,28,30)/t18-,20-/m1/s1. The van der Waals surface area contributed by atoms with E-state index in [9.17, 15) is 26.4 Å². The van der Waals surface area contributed by atoms with Crippen LogP contribution in [0.3, 0.4) is 0 Å². The molecule has 176 valence electrons. The smallest absolute Gasteiger partial charge is 0.274 e. The number of amides is 1. The van der Waals surface area contributed by atoms with Crippen molar-refractivity contribution in [3.8, 4) is 0 Å². The molecule has 1 fully saturated rings. The number of carbonyl (C=O) groups excluding carboxylic acids is 1. The van der Waals surface area contributed by atoms with E-state index in [-0.39, 0.29) is 41.2 Å². The van der Waals surface area contributed by atoms with E-state index in [1.54, 1.807) is 0 Å². The maximum absolute atomic E-state index is 15.3. The quantitative estimate of drug-likeness (QED) is 0.645. The molecule has 1 spiro atoms. The number of amidine groups is 1. The van der Waals surface area contributed by atoms with E-state index in [1.807, 2.05) is 0 Å². The zero-order valence-electron chi connectivity index (χ0n) is 17.6. The minimum atomic E-state index is -4.39. The van der Waals surface area contributed by atoms with Crippen LogP contribution in [0.2, 0.25) is 0 Å². The summed E-state index contributed by atoms with van der Waals surface area (Å²) in [5, 5.41) is 2.44. The van der Waals surface area contributed by atoms with E-state index < -0.39 is 49.3 Å². The Kier molecular flexibility index (Phi) is 5.26. The number of benzene rings is 1. The van der Waals surface area contributed by atoms with E-state index in [0.717, 1.165) is 31.3 Å². The zero-order valence-corrected chi connectivity index (χ0v) is 18.4. The fourth-order valence-electron chi connectivity index (χ4n) is 4.02. The minimum Gasteiger partial charge on any atom is -0.386 e. The van der Waals surface area contributed by atoms with Gasteiger partial charge in [0.2, 0.25) is 5.50 Å². The second-order valence-electron chi connectivity index (χ2n) is 8.38. The van der Waals surface area contributed by atoms with Gasteiger partial charge in [-0.3, -0.25) is 14.8 Å². The second-order valence-corrected chi connectivity index (χ2v) is 10.7. The Morgan fingerprint density at radius 1 is 1.27 bits per heavy atom. The van der Waals surface area contributed by atoms with E-state index in [2.05, 4.69) is 15.3 Å². The number of nitrogens with two attached hydrogens (primary N) is 1. The van der Waals surface area contributed by atoms with Crippen molar-refractivity contribution in [3.05, 3.63) is 58.7 Å². The Morgan fingerprint density at radius 2 is 1.94 bits per heavy atom. The number of hydrogen-bond donors (Lipinski definition) is 2. The number of halogens is 4. The van der Waals surface area contributed by atoms with Gasteiger partial charge in [0.15, 0.2) is 9.84 Å². The summed E-state index contributed by atoms with van der Waals surface area (Å²) in [6.45, 7) is 2.55. The van der Waals surface area contributed by atoms with Crippen molar-refractivity contribution >= 4 is 27.3 Å². The Morgan fingerprint density at radius 3 is 2.52 bits per heavy atom. The van der Waals surface area contributed by atoms with Gasteiger partial charge in [-0.05, 0) is 56.5 Å². The largest absolute Gasteiger partial charge is 0.386 e. The maximum Gasteiger partial charge on any atom is 0.274 e. The Hall–Kier alpha value is -3.02. The van der Waals surface area contributed by atoms with Crippen LogP contribution >= 0.6 is 0 Å². The first-order chi connectivity index (χ1) is 15.3. The number of sulfone groups is 1. The minimum absolute atomic E-state index is 0.00170. The maximum atomic E-state index is 15.3. The van der Waals surface area contributed by atoms with Gasteiger partial charge in [-0.2, -0.15) is 0 Å². The van der Waals surface area contributed by atoms with Crippen molar-refractivity contribution in [2.75, 3.05) is 5.32 Å². The summed E-state index contributed by atoms with van der Waals surface area (Å²) in [7, 11) is -4.39. The molecule has 2 aromatic rings. The third-order valence-corrected chi connectivity index (χ3v) is 8.83. The van der Waals surface area contributed by atoms with Gasteiger partial charge in [0.1, 0.15) is 27.6 Å². The molecule has 1 aromatic carbocycles. The van der Waals surface area contributed by atoms with Gasteiger partial charge >= 0.3 is 0 Å². The number of hydrogen-bond acceptors (Lipinski definition) is 6. The lowest BCUT2D eigenvalue weighted by Gasteiger charge is -2.37. The number of aromatic nitrogens is 1. The third kappa shape index (κ3) is 3.47. The first-order valence-electron chi connectivity index (χ1n) is 9.93. The molecule has 1 amide bonds. The molecule has 3 N–H and O–H groups in total. The topological polar surface area (TPSA) is 115 Å². The Bertz CT molecular complexity index is 1290. The SMILES string of the molecule is Cc1cc(C(F)F)cnc1C(=O)Nc1ccc(F)c([C@@]2(C)N=C(N)C3(CC3)S(=O)(=O)[C@H]2F)c1. The van der Waals surface area contributed by atoms with Crippen LogP contribution < -0.4 is 11.1 Å². The number of aryl methyl sites for hydroxylation is 1. The van der Waals surface area contributed by atoms with E-state index in [4.69, 9.17) is 5.73 Å². The summed E-state index contributed by atoms with van der Waals surface area (Å²) in [4.78, 5) is 20.4. The highest BCUT2D eigenvalue weighted by molar-refractivity contribution is 7.94. The molecule has 0 saturated heterocycles. The van der Waals surface area contributed by atoms with Crippen molar-refractivity contribution < 1.29 is 30.8 Å². The van der Waals surface area contributed by atoms with Crippen molar-refractivity contribution in [2.24, 2.45) is 10.7 Å². The number of aliphatic imine (C=N–C) groups is 1. The highest BCUT2D eigenvalue weighted by Gasteiger charge is 2.67. The molecule has 4 rings (SSSR count). The normalized spacial score (nSPS) is 25.1. The molecule has 2 aliphatic rings. The van der Waals surface area contributed by atoms with Crippen LogP contribution in [0.1, 0.15) is 53.4 Å². The fraction of sp³-hybridized carbons (Fsp3) is 0.381. The second kappa shape index (κ2) is 7.51. The number of anilines is 1. The van der Waals surface area contributed by atoms with Crippen LogP contribution in [0.5, 0.6) is 0 Å². The van der Waals surface area contributed by atoms with Gasteiger partial charge in [-0.15, -0.1) is 0 Å². The van der Waals surface area contributed by atoms with Crippen molar-refractivity contribution in [2.45, 2.75) is 48.9 Å². The van der Waals surface area contributed by atoms with Crippen LogP contribution in [-0.4, -0.2) is 35.4 Å². The number of carbonyl (C=O) groups is 1. The molecular weight excluding hydrogens is 464 g/mol. The first kappa shape index (κ1) is 23.1. The Balaban J connectivity index is 1.69. The third-order valence-electron chi connectivity index (χ3n) is 6.12. The molecule has 0 bridgehead atoms. The average molecular weight is 484 g/mol. The number of pyridine rings is 1. The summed E-state index contributed by atoms with van der Waals surface area (Å²) in [6, 6.07) is 4.31. The van der Waals surface area contributed by atoms with Crippen LogP contribution in [-0.2, 0) is 15.4 Å². The predicted octanol–water partition coefficient (Wildman–Crippen LogP) is 3.55.